The lowest BCUT2D eigenvalue weighted by Gasteiger charge is -2.47. The molecular weight excluding hydrogens is 370 g/mol. The van der Waals surface area contributed by atoms with Crippen molar-refractivity contribution in [2.24, 2.45) is 10.8 Å². The normalized spacial score (nSPS) is 28.2. The van der Waals surface area contributed by atoms with Gasteiger partial charge >= 0.3 is 0 Å². The summed E-state index contributed by atoms with van der Waals surface area (Å²) in [5.41, 5.74) is -0.0219. The van der Waals surface area contributed by atoms with Crippen molar-refractivity contribution in [3.05, 3.63) is 21.9 Å². The molecule has 3 fully saturated rings. The fraction of sp³-hybridized carbons (Fsp3) is 0.773. The first-order valence-electron chi connectivity index (χ1n) is 10.8. The largest absolute Gasteiger partial charge is 0.383 e. The van der Waals surface area contributed by atoms with Crippen molar-refractivity contribution in [2.75, 3.05) is 59.5 Å². The van der Waals surface area contributed by atoms with Crippen molar-refractivity contribution in [1.29, 1.82) is 0 Å². The molecule has 156 valence electrons. The van der Waals surface area contributed by atoms with Crippen LogP contribution >= 0.6 is 11.3 Å². The molecule has 0 bridgehead atoms. The van der Waals surface area contributed by atoms with Gasteiger partial charge in [-0.25, -0.2) is 0 Å². The second-order valence-corrected chi connectivity index (χ2v) is 10.4. The standard InChI is InChI=1S/C22H35N3O2S/c1-4-25-12-9-22(20(25)26)17-24(13-14-27-3)16-21(22)7-10-23(11-8-21)15-19-6-5-18(2)28-19/h5-6H,4,7-17H2,1-3H3. The van der Waals surface area contributed by atoms with E-state index in [9.17, 15) is 4.79 Å². The third-order valence-corrected chi connectivity index (χ3v) is 8.51. The number of carbonyl (C=O) groups excluding carboxylic acids is 1. The zero-order valence-corrected chi connectivity index (χ0v) is 18.5. The van der Waals surface area contributed by atoms with E-state index in [1.807, 2.05) is 11.3 Å². The Morgan fingerprint density at radius 3 is 2.50 bits per heavy atom. The summed E-state index contributed by atoms with van der Waals surface area (Å²) >= 11 is 1.91. The molecule has 4 rings (SSSR count). The molecule has 0 aromatic carbocycles. The summed E-state index contributed by atoms with van der Waals surface area (Å²) in [6.07, 6.45) is 3.32. The SMILES string of the molecule is CCN1CCC2(CN(CCOC)CC23CCN(Cc2ccc(C)s2)CC3)C1=O. The van der Waals surface area contributed by atoms with Crippen LogP contribution in [0.3, 0.4) is 0 Å². The van der Waals surface area contributed by atoms with Gasteiger partial charge in [0, 0.05) is 61.5 Å². The van der Waals surface area contributed by atoms with E-state index >= 15 is 0 Å². The molecule has 3 aliphatic rings. The van der Waals surface area contributed by atoms with E-state index in [-0.39, 0.29) is 10.8 Å². The fourth-order valence-electron chi connectivity index (χ4n) is 5.91. The Morgan fingerprint density at radius 2 is 1.89 bits per heavy atom. The zero-order valence-electron chi connectivity index (χ0n) is 17.7. The van der Waals surface area contributed by atoms with Crippen LogP contribution in [0.1, 0.15) is 35.9 Å². The van der Waals surface area contributed by atoms with Gasteiger partial charge in [-0.1, -0.05) is 0 Å². The highest BCUT2D eigenvalue weighted by Gasteiger charge is 2.64. The number of thiophene rings is 1. The average molecular weight is 406 g/mol. The van der Waals surface area contributed by atoms with Gasteiger partial charge in [-0.15, -0.1) is 11.3 Å². The van der Waals surface area contributed by atoms with Gasteiger partial charge in [0.05, 0.1) is 12.0 Å². The molecule has 0 aliphatic carbocycles. The monoisotopic (exact) mass is 405 g/mol. The molecule has 1 amide bonds. The summed E-state index contributed by atoms with van der Waals surface area (Å²) < 4.78 is 5.34. The van der Waals surface area contributed by atoms with Crippen molar-refractivity contribution < 1.29 is 9.53 Å². The molecule has 0 N–H and O–H groups in total. The van der Waals surface area contributed by atoms with Crippen LogP contribution in [0.5, 0.6) is 0 Å². The van der Waals surface area contributed by atoms with Gasteiger partial charge in [-0.3, -0.25) is 14.6 Å². The number of aryl methyl sites for hydroxylation is 1. The number of piperidine rings is 1. The summed E-state index contributed by atoms with van der Waals surface area (Å²) in [6.45, 7) is 13.0. The van der Waals surface area contributed by atoms with Crippen molar-refractivity contribution in [1.82, 2.24) is 14.7 Å². The Bertz CT molecular complexity index is 698. The van der Waals surface area contributed by atoms with E-state index in [1.165, 1.54) is 9.75 Å². The van der Waals surface area contributed by atoms with Crippen molar-refractivity contribution >= 4 is 17.2 Å². The fourth-order valence-corrected chi connectivity index (χ4v) is 6.84. The van der Waals surface area contributed by atoms with Gasteiger partial charge in [-0.2, -0.15) is 0 Å². The Kier molecular flexibility index (Phi) is 5.85. The maximum Gasteiger partial charge on any atom is 0.230 e. The van der Waals surface area contributed by atoms with Gasteiger partial charge in [0.25, 0.3) is 0 Å². The quantitative estimate of drug-likeness (QED) is 0.729. The number of fused-ring (bicyclic) bond motifs is 1. The summed E-state index contributed by atoms with van der Waals surface area (Å²) in [4.78, 5) is 23.5. The van der Waals surface area contributed by atoms with Crippen LogP contribution < -0.4 is 0 Å². The number of nitrogens with zero attached hydrogens (tertiary/aromatic N) is 3. The molecule has 1 aromatic heterocycles. The topological polar surface area (TPSA) is 36.0 Å². The van der Waals surface area contributed by atoms with E-state index in [1.54, 1.807) is 7.11 Å². The summed E-state index contributed by atoms with van der Waals surface area (Å²) in [7, 11) is 1.77. The second-order valence-electron chi connectivity index (χ2n) is 8.99. The Morgan fingerprint density at radius 1 is 1.11 bits per heavy atom. The molecule has 0 radical (unpaired) electrons. The third kappa shape index (κ3) is 3.42. The molecule has 1 aromatic rings. The zero-order chi connectivity index (χ0) is 19.8. The first kappa shape index (κ1) is 20.3. The number of amides is 1. The molecule has 2 spiro atoms. The average Bonchev–Trinajstić information content (AvgIpc) is 3.34. The predicted molar refractivity (Wildman–Crippen MR) is 114 cm³/mol. The maximum atomic E-state index is 13.5. The minimum atomic E-state index is -0.164. The predicted octanol–water partition coefficient (Wildman–Crippen LogP) is 2.84. The van der Waals surface area contributed by atoms with Crippen LogP contribution in [0.15, 0.2) is 12.1 Å². The third-order valence-electron chi connectivity index (χ3n) is 7.52. The smallest absolute Gasteiger partial charge is 0.230 e. The first-order chi connectivity index (χ1) is 13.5. The molecule has 4 heterocycles. The summed E-state index contributed by atoms with van der Waals surface area (Å²) in [5.74, 6) is 0.428. The van der Waals surface area contributed by atoms with E-state index in [2.05, 4.69) is 40.7 Å². The van der Waals surface area contributed by atoms with Gasteiger partial charge in [0.15, 0.2) is 0 Å². The molecule has 1 unspecified atom stereocenters. The molecule has 0 saturated carbocycles. The highest BCUT2D eigenvalue weighted by molar-refractivity contribution is 7.11. The Labute approximate surface area is 173 Å². The molecule has 3 saturated heterocycles. The molecule has 6 heteroatoms. The minimum Gasteiger partial charge on any atom is -0.383 e. The summed E-state index contributed by atoms with van der Waals surface area (Å²) in [5, 5.41) is 0. The van der Waals surface area contributed by atoms with E-state index in [0.29, 0.717) is 5.91 Å². The van der Waals surface area contributed by atoms with Crippen molar-refractivity contribution in [3.63, 3.8) is 0 Å². The molecule has 5 nitrogen and oxygen atoms in total. The lowest BCUT2D eigenvalue weighted by atomic mass is 9.60. The lowest BCUT2D eigenvalue weighted by molar-refractivity contribution is -0.142. The number of rotatable bonds is 6. The van der Waals surface area contributed by atoms with Crippen molar-refractivity contribution in [3.8, 4) is 0 Å². The summed E-state index contributed by atoms with van der Waals surface area (Å²) in [6, 6.07) is 4.50. The molecule has 1 atom stereocenters. The van der Waals surface area contributed by atoms with Crippen LogP contribution in [0.4, 0.5) is 0 Å². The van der Waals surface area contributed by atoms with Gasteiger partial charge < -0.3 is 9.64 Å². The van der Waals surface area contributed by atoms with Gasteiger partial charge in [0.2, 0.25) is 5.91 Å². The van der Waals surface area contributed by atoms with Crippen LogP contribution in [0.25, 0.3) is 0 Å². The number of methoxy groups -OCH3 is 1. The number of carbonyl (C=O) groups is 1. The Hall–Kier alpha value is -0.950. The lowest BCUT2D eigenvalue weighted by Crippen LogP contribution is -2.52. The van der Waals surface area contributed by atoms with Gasteiger partial charge in [0.1, 0.15) is 0 Å². The Balaban J connectivity index is 1.50. The number of ether oxygens (including phenoxy) is 1. The highest BCUT2D eigenvalue weighted by atomic mass is 32.1. The maximum absolute atomic E-state index is 13.5. The van der Waals surface area contributed by atoms with Crippen LogP contribution in [0, 0.1) is 17.8 Å². The van der Waals surface area contributed by atoms with Crippen LogP contribution in [-0.2, 0) is 16.1 Å². The van der Waals surface area contributed by atoms with E-state index in [4.69, 9.17) is 4.74 Å². The first-order valence-corrected chi connectivity index (χ1v) is 11.6. The van der Waals surface area contributed by atoms with Crippen LogP contribution in [-0.4, -0.2) is 80.1 Å². The highest BCUT2D eigenvalue weighted by Crippen LogP contribution is 2.57. The van der Waals surface area contributed by atoms with E-state index in [0.717, 1.165) is 78.2 Å². The second kappa shape index (κ2) is 8.05. The molecule has 28 heavy (non-hydrogen) atoms. The molecule has 3 aliphatic heterocycles. The molecular formula is C22H35N3O2S. The van der Waals surface area contributed by atoms with Crippen LogP contribution in [0.2, 0.25) is 0 Å². The minimum absolute atomic E-state index is 0.142. The number of likely N-dealkylation sites (tertiary alicyclic amines) is 3. The van der Waals surface area contributed by atoms with Gasteiger partial charge in [-0.05, 0) is 58.3 Å². The number of hydrogen-bond donors (Lipinski definition) is 0. The van der Waals surface area contributed by atoms with E-state index < -0.39 is 0 Å². The number of hydrogen-bond acceptors (Lipinski definition) is 5. The van der Waals surface area contributed by atoms with Crippen molar-refractivity contribution in [2.45, 2.75) is 39.7 Å².